The maximum absolute atomic E-state index is 14.1. The van der Waals surface area contributed by atoms with Crippen molar-refractivity contribution < 1.29 is 9.59 Å². The van der Waals surface area contributed by atoms with Gasteiger partial charge in [-0.25, -0.2) is 4.79 Å². The van der Waals surface area contributed by atoms with E-state index in [2.05, 4.69) is 89.9 Å². The lowest BCUT2D eigenvalue weighted by Crippen LogP contribution is -2.62. The third-order valence-corrected chi connectivity index (χ3v) is 11.2. The first kappa shape index (κ1) is 30.0. The lowest BCUT2D eigenvalue weighted by atomic mass is 9.53. The van der Waals surface area contributed by atoms with Crippen LogP contribution in [0.15, 0.2) is 91.0 Å². The van der Waals surface area contributed by atoms with Gasteiger partial charge in [-0.15, -0.1) is 0 Å². The fourth-order valence-corrected chi connectivity index (χ4v) is 9.43. The van der Waals surface area contributed by atoms with Crippen LogP contribution in [0.5, 0.6) is 0 Å². The van der Waals surface area contributed by atoms with E-state index in [-0.39, 0.29) is 29.6 Å². The fourth-order valence-electron chi connectivity index (χ4n) is 9.43. The molecule has 1 aliphatic heterocycles. The molecule has 6 nitrogen and oxygen atoms in total. The molecule has 0 aromatic heterocycles. The number of urea groups is 1. The second kappa shape index (κ2) is 13.0. The Balaban J connectivity index is 1.01. The van der Waals surface area contributed by atoms with Gasteiger partial charge in [-0.2, -0.15) is 0 Å². The van der Waals surface area contributed by atoms with Crippen LogP contribution in [0.4, 0.5) is 4.79 Å². The summed E-state index contributed by atoms with van der Waals surface area (Å²) in [5, 5.41) is 3.58. The molecule has 3 amide bonds. The SMILES string of the molecule is C[C@H](c1ccccc1)N(CCC(=O)N1CCN(C(c2ccccc2)c2ccccc2)CC1)C(=O)NC12CC3CC(CC(C3)C1)C2. The molecule has 1 saturated heterocycles. The average Bonchev–Trinajstić information content (AvgIpc) is 3.05. The summed E-state index contributed by atoms with van der Waals surface area (Å²) >= 11 is 0. The topological polar surface area (TPSA) is 55.9 Å². The van der Waals surface area contributed by atoms with Crippen LogP contribution in [-0.2, 0) is 4.79 Å². The molecular formula is C39H48N4O2. The number of rotatable bonds is 9. The molecule has 45 heavy (non-hydrogen) atoms. The van der Waals surface area contributed by atoms with E-state index in [0.717, 1.165) is 55.7 Å². The highest BCUT2D eigenvalue weighted by atomic mass is 16.2. The minimum atomic E-state index is -0.109. The third kappa shape index (κ3) is 6.53. The molecule has 3 aromatic rings. The maximum Gasteiger partial charge on any atom is 0.318 e. The van der Waals surface area contributed by atoms with Crippen LogP contribution in [0.1, 0.15) is 80.6 Å². The number of benzene rings is 3. The lowest BCUT2D eigenvalue weighted by Gasteiger charge is -2.57. The van der Waals surface area contributed by atoms with E-state index < -0.39 is 0 Å². The highest BCUT2D eigenvalue weighted by Gasteiger charge is 2.52. The van der Waals surface area contributed by atoms with Crippen LogP contribution in [0.25, 0.3) is 0 Å². The summed E-state index contributed by atoms with van der Waals surface area (Å²) in [6.07, 6.45) is 7.74. The Morgan fingerprint density at radius 2 is 1.20 bits per heavy atom. The summed E-state index contributed by atoms with van der Waals surface area (Å²) < 4.78 is 0. The number of nitrogens with zero attached hydrogens (tertiary/aromatic N) is 3. The number of carbonyl (C=O) groups is 2. The summed E-state index contributed by atoms with van der Waals surface area (Å²) in [7, 11) is 0. The Morgan fingerprint density at radius 1 is 0.733 bits per heavy atom. The van der Waals surface area contributed by atoms with Gasteiger partial charge in [-0.05, 0) is 79.9 Å². The van der Waals surface area contributed by atoms with Crippen molar-refractivity contribution in [2.75, 3.05) is 32.7 Å². The predicted octanol–water partition coefficient (Wildman–Crippen LogP) is 7.05. The molecule has 5 fully saturated rings. The zero-order valence-electron chi connectivity index (χ0n) is 26.7. The largest absolute Gasteiger partial charge is 0.340 e. The molecule has 0 radical (unpaired) electrons. The van der Waals surface area contributed by atoms with Gasteiger partial charge in [-0.1, -0.05) is 91.0 Å². The van der Waals surface area contributed by atoms with Gasteiger partial charge in [0.05, 0.1) is 12.1 Å². The highest BCUT2D eigenvalue weighted by molar-refractivity contribution is 5.79. The molecule has 0 unspecified atom stereocenters. The van der Waals surface area contributed by atoms with Gasteiger partial charge in [0.2, 0.25) is 5.91 Å². The van der Waals surface area contributed by atoms with Crippen molar-refractivity contribution in [3.8, 4) is 0 Å². The smallest absolute Gasteiger partial charge is 0.318 e. The fraction of sp³-hybridized carbons (Fsp3) is 0.487. The molecule has 1 N–H and O–H groups in total. The van der Waals surface area contributed by atoms with Crippen molar-refractivity contribution >= 4 is 11.9 Å². The van der Waals surface area contributed by atoms with Gasteiger partial charge in [-0.3, -0.25) is 9.69 Å². The number of carbonyl (C=O) groups excluding carboxylic acids is 2. The van der Waals surface area contributed by atoms with E-state index in [1.807, 2.05) is 28.0 Å². The molecule has 1 atom stereocenters. The van der Waals surface area contributed by atoms with E-state index >= 15 is 0 Å². The molecule has 0 spiro atoms. The molecule has 4 saturated carbocycles. The summed E-state index contributed by atoms with van der Waals surface area (Å²) in [6.45, 7) is 5.55. The van der Waals surface area contributed by atoms with Crippen molar-refractivity contribution in [3.63, 3.8) is 0 Å². The molecular weight excluding hydrogens is 556 g/mol. The number of hydrogen-bond acceptors (Lipinski definition) is 3. The quantitative estimate of drug-likeness (QED) is 0.285. The summed E-state index contributed by atoms with van der Waals surface area (Å²) in [5.41, 5.74) is 3.60. The third-order valence-electron chi connectivity index (χ3n) is 11.2. The van der Waals surface area contributed by atoms with Crippen LogP contribution in [0.2, 0.25) is 0 Å². The molecule has 236 valence electrons. The van der Waals surface area contributed by atoms with E-state index in [0.29, 0.717) is 26.1 Å². The van der Waals surface area contributed by atoms with Gasteiger partial charge >= 0.3 is 6.03 Å². The minimum absolute atomic E-state index is 0.000476. The molecule has 1 heterocycles. The van der Waals surface area contributed by atoms with E-state index in [1.165, 1.54) is 30.4 Å². The van der Waals surface area contributed by atoms with Gasteiger partial charge in [0.15, 0.2) is 0 Å². The zero-order chi connectivity index (χ0) is 30.8. The van der Waals surface area contributed by atoms with Crippen molar-refractivity contribution in [1.29, 1.82) is 0 Å². The second-order valence-corrected chi connectivity index (χ2v) is 14.3. The first-order chi connectivity index (χ1) is 22.0. The first-order valence-corrected chi connectivity index (χ1v) is 17.2. The molecule has 4 bridgehead atoms. The van der Waals surface area contributed by atoms with Gasteiger partial charge < -0.3 is 15.1 Å². The van der Waals surface area contributed by atoms with Crippen LogP contribution < -0.4 is 5.32 Å². The van der Waals surface area contributed by atoms with E-state index in [1.54, 1.807) is 0 Å². The van der Waals surface area contributed by atoms with Crippen LogP contribution in [0, 0.1) is 17.8 Å². The number of hydrogen-bond donors (Lipinski definition) is 1. The van der Waals surface area contributed by atoms with Crippen LogP contribution >= 0.6 is 0 Å². The Bertz CT molecular complexity index is 1360. The number of amides is 3. The van der Waals surface area contributed by atoms with Crippen LogP contribution in [-0.4, -0.2) is 64.9 Å². The van der Waals surface area contributed by atoms with Crippen molar-refractivity contribution in [3.05, 3.63) is 108 Å². The molecule has 5 aliphatic rings. The van der Waals surface area contributed by atoms with Crippen molar-refractivity contribution in [1.82, 2.24) is 20.0 Å². The Kier molecular flexibility index (Phi) is 8.68. The van der Waals surface area contributed by atoms with Gasteiger partial charge in [0.25, 0.3) is 0 Å². The zero-order valence-corrected chi connectivity index (χ0v) is 26.7. The second-order valence-electron chi connectivity index (χ2n) is 14.3. The summed E-state index contributed by atoms with van der Waals surface area (Å²) in [6, 6.07) is 31.7. The monoisotopic (exact) mass is 604 g/mol. The lowest BCUT2D eigenvalue weighted by molar-refractivity contribution is -0.133. The Hall–Kier alpha value is -3.64. The molecule has 3 aromatic carbocycles. The normalized spacial score (nSPS) is 26.5. The number of nitrogens with one attached hydrogen (secondary N) is 1. The summed E-state index contributed by atoms with van der Waals surface area (Å²) in [4.78, 5) is 34.2. The standard InChI is InChI=1S/C39H48N4O2/c1-29(33-11-5-2-6-12-33)43(38(45)40-39-26-30-23-31(27-39)25-32(24-30)28-39)18-17-36(44)41-19-21-42(22-20-41)37(34-13-7-3-8-14-34)35-15-9-4-10-16-35/h2-16,29-32,37H,17-28H2,1H3,(H,40,45)/t29-,30?,31?,32?,39?/m1/s1. The highest BCUT2D eigenvalue weighted by Crippen LogP contribution is 2.55. The molecule has 8 rings (SSSR count). The first-order valence-electron chi connectivity index (χ1n) is 17.2. The summed E-state index contributed by atoms with van der Waals surface area (Å²) in [5.74, 6) is 2.43. The van der Waals surface area contributed by atoms with Gasteiger partial charge in [0.1, 0.15) is 0 Å². The van der Waals surface area contributed by atoms with Gasteiger partial charge in [0, 0.05) is 44.7 Å². The Labute approximate surface area is 268 Å². The number of piperazine rings is 1. The molecule has 4 aliphatic carbocycles. The average molecular weight is 605 g/mol. The maximum atomic E-state index is 14.1. The minimum Gasteiger partial charge on any atom is -0.340 e. The predicted molar refractivity (Wildman–Crippen MR) is 178 cm³/mol. The van der Waals surface area contributed by atoms with Crippen molar-refractivity contribution in [2.24, 2.45) is 17.8 Å². The van der Waals surface area contributed by atoms with Crippen molar-refractivity contribution in [2.45, 2.75) is 69.5 Å². The van der Waals surface area contributed by atoms with E-state index in [4.69, 9.17) is 0 Å². The van der Waals surface area contributed by atoms with Crippen LogP contribution in [0.3, 0.4) is 0 Å². The Morgan fingerprint density at radius 3 is 1.69 bits per heavy atom. The molecule has 6 heteroatoms. The van der Waals surface area contributed by atoms with E-state index in [9.17, 15) is 9.59 Å².